The number of fused-ring (bicyclic) bond motifs is 2. The van der Waals surface area contributed by atoms with Crippen molar-refractivity contribution in [2.24, 2.45) is 0 Å². The van der Waals surface area contributed by atoms with Gasteiger partial charge < -0.3 is 24.1 Å². The van der Waals surface area contributed by atoms with Crippen LogP contribution in [0.5, 0.6) is 11.5 Å². The van der Waals surface area contributed by atoms with E-state index in [4.69, 9.17) is 19.0 Å². The molecule has 3 aromatic rings. The maximum atomic E-state index is 11.2. The topological polar surface area (TPSA) is 106 Å². The third-order valence-electron chi connectivity index (χ3n) is 3.51. The van der Waals surface area contributed by atoms with Crippen molar-refractivity contribution < 1.29 is 33.7 Å². The Labute approximate surface area is 156 Å². The van der Waals surface area contributed by atoms with Crippen LogP contribution in [0.25, 0.3) is 11.2 Å². The van der Waals surface area contributed by atoms with Crippen molar-refractivity contribution in [3.8, 4) is 11.5 Å². The lowest BCUT2D eigenvalue weighted by Gasteiger charge is -2.11. The van der Waals surface area contributed by atoms with Crippen molar-refractivity contribution in [2.75, 3.05) is 13.2 Å². The number of aliphatic hydroxyl groups is 1. The summed E-state index contributed by atoms with van der Waals surface area (Å²) in [5, 5.41) is 18.5. The first-order chi connectivity index (χ1) is 12.8. The standard InChI is InChI=1S/C11H14O4.C9H8O3/c1-7(12)6-15-10-5-3-4-9(14)11(10)8(2)13;1-2-11-9(10)7-5-6-3-4-8(7)12-6/h3-5,7,12,14H,6H2,1-2H3;3-5H,2H2,1H3. The van der Waals surface area contributed by atoms with Crippen LogP contribution in [0.1, 0.15) is 41.5 Å². The highest BCUT2D eigenvalue weighted by molar-refractivity contribution is 5.99. The van der Waals surface area contributed by atoms with E-state index < -0.39 is 6.10 Å². The summed E-state index contributed by atoms with van der Waals surface area (Å²) in [7, 11) is 0. The van der Waals surface area contributed by atoms with Crippen molar-refractivity contribution in [1.29, 1.82) is 0 Å². The summed E-state index contributed by atoms with van der Waals surface area (Å²) >= 11 is 0. The Morgan fingerprint density at radius 1 is 1.22 bits per heavy atom. The molecule has 0 saturated carbocycles. The normalized spacial score (nSPS) is 11.6. The van der Waals surface area contributed by atoms with Crippen LogP contribution in [0.3, 0.4) is 0 Å². The first kappa shape index (κ1) is 20.3. The largest absolute Gasteiger partial charge is 0.507 e. The highest BCUT2D eigenvalue weighted by atomic mass is 16.5. The number of rotatable bonds is 6. The van der Waals surface area contributed by atoms with Crippen LogP contribution >= 0.6 is 0 Å². The van der Waals surface area contributed by atoms with Crippen LogP contribution in [-0.4, -0.2) is 41.3 Å². The fraction of sp³-hybridized carbons (Fsp3) is 0.300. The van der Waals surface area contributed by atoms with Gasteiger partial charge in [0.15, 0.2) is 5.78 Å². The van der Waals surface area contributed by atoms with E-state index in [-0.39, 0.29) is 29.7 Å². The lowest BCUT2D eigenvalue weighted by atomic mass is 10.1. The number of phenolic OH excluding ortho intramolecular Hbond substituents is 1. The van der Waals surface area contributed by atoms with Crippen LogP contribution in [0, 0.1) is 0 Å². The number of phenols is 1. The van der Waals surface area contributed by atoms with Gasteiger partial charge in [0, 0.05) is 0 Å². The van der Waals surface area contributed by atoms with Gasteiger partial charge in [0.2, 0.25) is 0 Å². The summed E-state index contributed by atoms with van der Waals surface area (Å²) in [6.07, 6.45) is -0.618. The number of aromatic hydroxyl groups is 1. The number of ether oxygens (including phenoxy) is 2. The van der Waals surface area contributed by atoms with Crippen molar-refractivity contribution in [2.45, 2.75) is 26.9 Å². The second-order valence-electron chi connectivity index (χ2n) is 5.85. The van der Waals surface area contributed by atoms with E-state index in [1.165, 1.54) is 13.0 Å². The molecule has 2 aromatic heterocycles. The number of carbonyl (C=O) groups is 2. The SMILES string of the molecule is CC(=O)c1c(O)cccc1OCC(C)O.CCOC(=O)c1cc2ccc1o2. The number of Topliss-reactive ketones (excluding diaryl/α,β-unsaturated/α-hetero) is 1. The molecule has 2 heterocycles. The molecule has 1 aromatic carbocycles. The molecule has 3 rings (SSSR count). The van der Waals surface area contributed by atoms with Crippen LogP contribution < -0.4 is 4.74 Å². The predicted molar refractivity (Wildman–Crippen MR) is 98.6 cm³/mol. The number of aliphatic hydroxyl groups excluding tert-OH is 1. The number of benzene rings is 2. The molecular formula is C20H22O7. The van der Waals surface area contributed by atoms with Crippen molar-refractivity contribution >= 4 is 22.9 Å². The molecule has 0 spiro atoms. The average molecular weight is 374 g/mol. The summed E-state index contributed by atoms with van der Waals surface area (Å²) in [4.78, 5) is 22.4. The minimum absolute atomic E-state index is 0.0870. The second-order valence-corrected chi connectivity index (χ2v) is 5.85. The van der Waals surface area contributed by atoms with Gasteiger partial charge in [-0.05, 0) is 51.1 Å². The van der Waals surface area contributed by atoms with E-state index in [0.29, 0.717) is 29.1 Å². The van der Waals surface area contributed by atoms with E-state index in [1.807, 2.05) is 6.07 Å². The van der Waals surface area contributed by atoms with Crippen molar-refractivity contribution in [3.05, 3.63) is 47.5 Å². The van der Waals surface area contributed by atoms with Gasteiger partial charge in [-0.3, -0.25) is 4.79 Å². The maximum Gasteiger partial charge on any atom is 0.342 e. The fourth-order valence-electron chi connectivity index (χ4n) is 2.36. The Bertz CT molecular complexity index is 895. The van der Waals surface area contributed by atoms with Gasteiger partial charge in [-0.2, -0.15) is 0 Å². The molecule has 2 N–H and O–H groups in total. The van der Waals surface area contributed by atoms with Gasteiger partial charge in [0.1, 0.15) is 40.4 Å². The van der Waals surface area contributed by atoms with Gasteiger partial charge in [-0.25, -0.2) is 4.79 Å². The molecule has 0 aliphatic heterocycles. The molecule has 1 atom stereocenters. The van der Waals surface area contributed by atoms with Crippen molar-refractivity contribution in [3.63, 3.8) is 0 Å². The Morgan fingerprint density at radius 3 is 2.48 bits per heavy atom. The molecule has 0 aliphatic rings. The van der Waals surface area contributed by atoms with Gasteiger partial charge in [0.05, 0.1) is 12.7 Å². The molecule has 0 saturated heterocycles. The number of esters is 1. The van der Waals surface area contributed by atoms with E-state index in [1.54, 1.807) is 38.1 Å². The number of carbonyl (C=O) groups excluding carboxylic acids is 2. The molecule has 1 unspecified atom stereocenters. The lowest BCUT2D eigenvalue weighted by Crippen LogP contribution is -2.14. The van der Waals surface area contributed by atoms with Gasteiger partial charge in [-0.1, -0.05) is 6.07 Å². The smallest absolute Gasteiger partial charge is 0.342 e. The minimum Gasteiger partial charge on any atom is -0.507 e. The molecule has 2 bridgehead atoms. The molecular weight excluding hydrogens is 352 g/mol. The zero-order chi connectivity index (χ0) is 20.0. The molecule has 27 heavy (non-hydrogen) atoms. The van der Waals surface area contributed by atoms with E-state index in [0.717, 1.165) is 0 Å². The second kappa shape index (κ2) is 9.05. The Morgan fingerprint density at radius 2 is 1.96 bits per heavy atom. The Kier molecular flexibility index (Phi) is 6.79. The van der Waals surface area contributed by atoms with Crippen LogP contribution in [0.15, 0.2) is 40.8 Å². The maximum absolute atomic E-state index is 11.2. The third-order valence-corrected chi connectivity index (χ3v) is 3.51. The van der Waals surface area contributed by atoms with Crippen LogP contribution in [0.4, 0.5) is 0 Å². The van der Waals surface area contributed by atoms with Crippen molar-refractivity contribution in [1.82, 2.24) is 0 Å². The molecule has 0 aliphatic carbocycles. The summed E-state index contributed by atoms with van der Waals surface area (Å²) in [6.45, 7) is 5.19. The zero-order valence-electron chi connectivity index (χ0n) is 15.4. The molecule has 0 amide bonds. The Balaban J connectivity index is 0.000000198. The zero-order valence-corrected chi connectivity index (χ0v) is 15.4. The van der Waals surface area contributed by atoms with Crippen LogP contribution in [0.2, 0.25) is 0 Å². The summed E-state index contributed by atoms with van der Waals surface area (Å²) < 4.78 is 15.2. The third kappa shape index (κ3) is 5.21. The molecule has 144 valence electrons. The number of ketones is 1. The van der Waals surface area contributed by atoms with E-state index in [2.05, 4.69) is 0 Å². The lowest BCUT2D eigenvalue weighted by molar-refractivity contribution is 0.0528. The quantitative estimate of drug-likeness (QED) is 0.503. The Hall–Kier alpha value is -3.06. The number of furan rings is 2. The summed E-state index contributed by atoms with van der Waals surface area (Å²) in [6, 6.07) is 9.86. The molecule has 7 heteroatoms. The van der Waals surface area contributed by atoms with Crippen LogP contribution in [-0.2, 0) is 4.74 Å². The predicted octanol–water partition coefficient (Wildman–Crippen LogP) is 3.40. The highest BCUT2D eigenvalue weighted by Gasteiger charge is 2.15. The van der Waals surface area contributed by atoms with Gasteiger partial charge in [-0.15, -0.1) is 0 Å². The number of hydrogen-bond acceptors (Lipinski definition) is 7. The van der Waals surface area contributed by atoms with E-state index >= 15 is 0 Å². The number of hydrogen-bond donors (Lipinski definition) is 2. The fourth-order valence-corrected chi connectivity index (χ4v) is 2.36. The first-order valence-corrected chi connectivity index (χ1v) is 8.46. The van der Waals surface area contributed by atoms with E-state index in [9.17, 15) is 14.7 Å². The first-order valence-electron chi connectivity index (χ1n) is 8.46. The summed E-state index contributed by atoms with van der Waals surface area (Å²) in [5.74, 6) is -0.394. The van der Waals surface area contributed by atoms with Gasteiger partial charge in [0.25, 0.3) is 0 Å². The minimum atomic E-state index is -0.618. The average Bonchev–Trinajstić information content (AvgIpc) is 3.23. The highest BCUT2D eigenvalue weighted by Crippen LogP contribution is 2.27. The summed E-state index contributed by atoms with van der Waals surface area (Å²) in [5.41, 5.74) is 1.99. The molecule has 0 fully saturated rings. The molecule has 0 radical (unpaired) electrons. The van der Waals surface area contributed by atoms with Gasteiger partial charge >= 0.3 is 5.97 Å². The molecule has 7 nitrogen and oxygen atoms in total. The monoisotopic (exact) mass is 374 g/mol.